The number of ether oxygens (including phenoxy) is 1. The molecule has 1 saturated heterocycles. The number of amides is 2. The summed E-state index contributed by atoms with van der Waals surface area (Å²) in [6.07, 6.45) is 4.06. The van der Waals surface area contributed by atoms with Gasteiger partial charge in [-0.25, -0.2) is 4.79 Å². The Bertz CT molecular complexity index is 323. The van der Waals surface area contributed by atoms with E-state index >= 15 is 0 Å². The van der Waals surface area contributed by atoms with Gasteiger partial charge in [-0.2, -0.15) is 0 Å². The van der Waals surface area contributed by atoms with Gasteiger partial charge in [0.2, 0.25) is 5.91 Å². The van der Waals surface area contributed by atoms with Crippen LogP contribution in [0.5, 0.6) is 0 Å². The van der Waals surface area contributed by atoms with E-state index in [1.807, 2.05) is 0 Å². The van der Waals surface area contributed by atoms with Crippen LogP contribution in [-0.4, -0.2) is 65.8 Å². The maximum atomic E-state index is 12.1. The van der Waals surface area contributed by atoms with E-state index in [1.165, 1.54) is 11.3 Å². The number of morpholine rings is 1. The van der Waals surface area contributed by atoms with Gasteiger partial charge in [0.25, 0.3) is 0 Å². The molecule has 1 saturated carbocycles. The first-order chi connectivity index (χ1) is 9.18. The zero-order valence-electron chi connectivity index (χ0n) is 11.2. The lowest BCUT2D eigenvalue weighted by atomic mass is 9.94. The van der Waals surface area contributed by atoms with E-state index in [0.29, 0.717) is 26.3 Å². The Hall–Kier alpha value is -1.30. The molecular formula is C13H22N2O4. The highest BCUT2D eigenvalue weighted by atomic mass is 16.5. The Labute approximate surface area is 113 Å². The predicted molar refractivity (Wildman–Crippen MR) is 69.0 cm³/mol. The summed E-state index contributed by atoms with van der Waals surface area (Å²) >= 11 is 0. The molecule has 2 aliphatic rings. The smallest absolute Gasteiger partial charge is 0.408 e. The van der Waals surface area contributed by atoms with Gasteiger partial charge < -0.3 is 14.7 Å². The third-order valence-corrected chi connectivity index (χ3v) is 3.93. The molecule has 2 fully saturated rings. The van der Waals surface area contributed by atoms with Gasteiger partial charge in [-0.3, -0.25) is 9.69 Å². The van der Waals surface area contributed by atoms with Gasteiger partial charge in [0.15, 0.2) is 0 Å². The molecule has 0 bridgehead atoms. The van der Waals surface area contributed by atoms with Crippen molar-refractivity contribution in [3.05, 3.63) is 0 Å². The number of rotatable bonds is 3. The Morgan fingerprint density at radius 3 is 2.37 bits per heavy atom. The SMILES string of the molecule is O=C(CN(C(=O)O)C1CCCCC1)N1CCOCC1. The summed E-state index contributed by atoms with van der Waals surface area (Å²) in [5, 5.41) is 9.30. The number of nitrogens with zero attached hydrogens (tertiary/aromatic N) is 2. The lowest BCUT2D eigenvalue weighted by Crippen LogP contribution is -2.50. The molecule has 2 rings (SSSR count). The van der Waals surface area contributed by atoms with Gasteiger partial charge >= 0.3 is 6.09 Å². The van der Waals surface area contributed by atoms with Crippen LogP contribution in [0.1, 0.15) is 32.1 Å². The average molecular weight is 270 g/mol. The Morgan fingerprint density at radius 1 is 1.16 bits per heavy atom. The quantitative estimate of drug-likeness (QED) is 0.835. The molecule has 0 aromatic rings. The van der Waals surface area contributed by atoms with Crippen LogP contribution >= 0.6 is 0 Å². The fraction of sp³-hybridized carbons (Fsp3) is 0.846. The van der Waals surface area contributed by atoms with Crippen molar-refractivity contribution < 1.29 is 19.4 Å². The minimum absolute atomic E-state index is 0.0104. The Morgan fingerprint density at radius 2 is 1.79 bits per heavy atom. The van der Waals surface area contributed by atoms with Crippen LogP contribution in [0, 0.1) is 0 Å². The predicted octanol–water partition coefficient (Wildman–Crippen LogP) is 1.16. The number of hydrogen-bond acceptors (Lipinski definition) is 3. The number of carboxylic acid groups (broad SMARTS) is 1. The van der Waals surface area contributed by atoms with Crippen LogP contribution in [0.2, 0.25) is 0 Å². The largest absolute Gasteiger partial charge is 0.465 e. The van der Waals surface area contributed by atoms with Crippen molar-refractivity contribution in [1.82, 2.24) is 9.80 Å². The van der Waals surface area contributed by atoms with Crippen LogP contribution < -0.4 is 0 Å². The minimum Gasteiger partial charge on any atom is -0.465 e. The highest BCUT2D eigenvalue weighted by Crippen LogP contribution is 2.22. The minimum atomic E-state index is -0.978. The molecule has 6 heteroatoms. The maximum absolute atomic E-state index is 12.1. The molecule has 1 aliphatic heterocycles. The second-order valence-electron chi connectivity index (χ2n) is 5.20. The second kappa shape index (κ2) is 6.75. The third-order valence-electron chi connectivity index (χ3n) is 3.93. The van der Waals surface area contributed by atoms with Crippen LogP contribution in [-0.2, 0) is 9.53 Å². The normalized spacial score (nSPS) is 21.2. The van der Waals surface area contributed by atoms with Crippen LogP contribution in [0.25, 0.3) is 0 Å². The van der Waals surface area contributed by atoms with Crippen molar-refractivity contribution in [3.8, 4) is 0 Å². The summed E-state index contributed by atoms with van der Waals surface area (Å²) in [4.78, 5) is 26.5. The van der Waals surface area contributed by atoms with Crippen molar-refractivity contribution in [3.63, 3.8) is 0 Å². The zero-order chi connectivity index (χ0) is 13.7. The molecule has 0 radical (unpaired) electrons. The molecule has 0 aromatic heterocycles. The van der Waals surface area contributed by atoms with Gasteiger partial charge in [0, 0.05) is 19.1 Å². The molecule has 0 unspecified atom stereocenters. The second-order valence-corrected chi connectivity index (χ2v) is 5.20. The molecule has 0 aromatic carbocycles. The third kappa shape index (κ3) is 3.83. The van der Waals surface area contributed by atoms with Gasteiger partial charge in [0.05, 0.1) is 13.2 Å². The van der Waals surface area contributed by atoms with E-state index < -0.39 is 6.09 Å². The maximum Gasteiger partial charge on any atom is 0.408 e. The van der Waals surface area contributed by atoms with Gasteiger partial charge in [-0.1, -0.05) is 19.3 Å². The van der Waals surface area contributed by atoms with Gasteiger partial charge in [0.1, 0.15) is 6.54 Å². The number of carbonyl (C=O) groups excluding carboxylic acids is 1. The average Bonchev–Trinajstić information content (AvgIpc) is 2.46. The number of hydrogen-bond donors (Lipinski definition) is 1. The first kappa shape index (κ1) is 14.1. The summed E-state index contributed by atoms with van der Waals surface area (Å²) < 4.78 is 5.19. The zero-order valence-corrected chi connectivity index (χ0v) is 11.2. The molecular weight excluding hydrogens is 248 g/mol. The fourth-order valence-electron chi connectivity index (χ4n) is 2.80. The van der Waals surface area contributed by atoms with Crippen LogP contribution in [0.4, 0.5) is 4.79 Å². The number of carbonyl (C=O) groups is 2. The van der Waals surface area contributed by atoms with Crippen molar-refractivity contribution in [1.29, 1.82) is 0 Å². The lowest BCUT2D eigenvalue weighted by Gasteiger charge is -2.34. The molecule has 1 heterocycles. The lowest BCUT2D eigenvalue weighted by molar-refractivity contribution is -0.136. The standard InChI is InChI=1S/C13H22N2O4/c16-12(14-6-8-19-9-7-14)10-15(13(17)18)11-4-2-1-3-5-11/h11H,1-10H2,(H,17,18). The van der Waals surface area contributed by atoms with Gasteiger partial charge in [-0.15, -0.1) is 0 Å². The van der Waals surface area contributed by atoms with E-state index in [-0.39, 0.29) is 18.5 Å². The summed E-state index contributed by atoms with van der Waals surface area (Å²) in [5.41, 5.74) is 0. The first-order valence-electron chi connectivity index (χ1n) is 7.03. The summed E-state index contributed by atoms with van der Waals surface area (Å²) in [7, 11) is 0. The summed E-state index contributed by atoms with van der Waals surface area (Å²) in [6, 6.07) is 0.0104. The van der Waals surface area contributed by atoms with Crippen LogP contribution in [0.15, 0.2) is 0 Å². The highest BCUT2D eigenvalue weighted by molar-refractivity contribution is 5.82. The van der Waals surface area contributed by atoms with Crippen LogP contribution in [0.3, 0.4) is 0 Å². The van der Waals surface area contributed by atoms with Gasteiger partial charge in [-0.05, 0) is 12.8 Å². The van der Waals surface area contributed by atoms with Crippen molar-refractivity contribution in [2.24, 2.45) is 0 Å². The fourth-order valence-corrected chi connectivity index (χ4v) is 2.80. The molecule has 19 heavy (non-hydrogen) atoms. The molecule has 6 nitrogen and oxygen atoms in total. The van der Waals surface area contributed by atoms with E-state index in [9.17, 15) is 14.7 Å². The topological polar surface area (TPSA) is 70.1 Å². The molecule has 0 spiro atoms. The van der Waals surface area contributed by atoms with E-state index in [2.05, 4.69) is 0 Å². The highest BCUT2D eigenvalue weighted by Gasteiger charge is 2.29. The van der Waals surface area contributed by atoms with Crippen molar-refractivity contribution >= 4 is 12.0 Å². The molecule has 0 atom stereocenters. The van der Waals surface area contributed by atoms with E-state index in [0.717, 1.165) is 25.7 Å². The van der Waals surface area contributed by atoms with E-state index in [4.69, 9.17) is 4.74 Å². The molecule has 1 N–H and O–H groups in total. The monoisotopic (exact) mass is 270 g/mol. The molecule has 108 valence electrons. The first-order valence-corrected chi connectivity index (χ1v) is 7.03. The summed E-state index contributed by atoms with van der Waals surface area (Å²) in [5.74, 6) is -0.101. The summed E-state index contributed by atoms with van der Waals surface area (Å²) in [6.45, 7) is 2.21. The van der Waals surface area contributed by atoms with E-state index in [1.54, 1.807) is 4.90 Å². The van der Waals surface area contributed by atoms with Crippen molar-refractivity contribution in [2.45, 2.75) is 38.1 Å². The molecule has 1 aliphatic carbocycles. The van der Waals surface area contributed by atoms with Crippen molar-refractivity contribution in [2.75, 3.05) is 32.8 Å². The molecule has 2 amide bonds. The Kier molecular flexibility index (Phi) is 5.01. The Balaban J connectivity index is 1.91.